The lowest BCUT2D eigenvalue weighted by atomic mass is 10.0. The van der Waals surface area contributed by atoms with E-state index in [9.17, 15) is 13.2 Å². The first-order chi connectivity index (χ1) is 9.43. The van der Waals surface area contributed by atoms with E-state index >= 15 is 0 Å². The molecule has 2 aliphatic rings. The van der Waals surface area contributed by atoms with Gasteiger partial charge in [0, 0.05) is 25.7 Å². The molecule has 3 N–H and O–H groups in total. The first-order valence-electron chi connectivity index (χ1n) is 7.42. The zero-order chi connectivity index (χ0) is 14.8. The molecule has 0 bridgehead atoms. The van der Waals surface area contributed by atoms with Gasteiger partial charge in [-0.1, -0.05) is 6.92 Å². The van der Waals surface area contributed by atoms with Crippen molar-refractivity contribution in [1.82, 2.24) is 9.62 Å². The molecule has 0 atom stereocenters. The third-order valence-corrected chi connectivity index (χ3v) is 6.45. The molecule has 1 saturated carbocycles. The van der Waals surface area contributed by atoms with Crippen LogP contribution < -0.4 is 11.1 Å². The lowest BCUT2D eigenvalue weighted by Crippen LogP contribution is -2.49. The molecule has 1 aliphatic carbocycles. The number of nitrogens with two attached hydrogens (primary N) is 1. The molecular formula is C13H25N3O3S. The van der Waals surface area contributed by atoms with Gasteiger partial charge in [-0.15, -0.1) is 0 Å². The molecule has 7 heteroatoms. The summed E-state index contributed by atoms with van der Waals surface area (Å²) >= 11 is 0. The average molecular weight is 303 g/mol. The van der Waals surface area contributed by atoms with Gasteiger partial charge in [0.2, 0.25) is 15.9 Å². The minimum Gasteiger partial charge on any atom is -0.353 e. The Morgan fingerprint density at radius 2 is 1.95 bits per heavy atom. The Hall–Kier alpha value is -0.660. The number of hydrogen-bond acceptors (Lipinski definition) is 4. The Morgan fingerprint density at radius 3 is 2.40 bits per heavy atom. The topological polar surface area (TPSA) is 92.5 Å². The van der Waals surface area contributed by atoms with E-state index in [4.69, 9.17) is 5.73 Å². The van der Waals surface area contributed by atoms with Crippen LogP contribution in [0.1, 0.15) is 39.0 Å². The predicted octanol–water partition coefficient (Wildman–Crippen LogP) is 0.0457. The molecule has 0 aromatic carbocycles. The third-order valence-electron chi connectivity index (χ3n) is 4.37. The summed E-state index contributed by atoms with van der Waals surface area (Å²) in [5.41, 5.74) is 5.31. The predicted molar refractivity (Wildman–Crippen MR) is 77.5 cm³/mol. The van der Waals surface area contributed by atoms with Crippen LogP contribution in [0.2, 0.25) is 0 Å². The molecule has 1 heterocycles. The van der Waals surface area contributed by atoms with Crippen LogP contribution in [0.4, 0.5) is 0 Å². The molecule has 2 rings (SSSR count). The summed E-state index contributed by atoms with van der Waals surface area (Å²) in [6.07, 6.45) is 3.76. The van der Waals surface area contributed by atoms with Gasteiger partial charge >= 0.3 is 0 Å². The highest BCUT2D eigenvalue weighted by Crippen LogP contribution is 2.44. The zero-order valence-electron chi connectivity index (χ0n) is 12.1. The molecule has 6 nitrogen and oxygen atoms in total. The lowest BCUT2D eigenvalue weighted by Gasteiger charge is -2.32. The van der Waals surface area contributed by atoms with Gasteiger partial charge in [-0.3, -0.25) is 4.79 Å². The van der Waals surface area contributed by atoms with E-state index in [-0.39, 0.29) is 23.1 Å². The normalized spacial score (nSPS) is 23.5. The van der Waals surface area contributed by atoms with Crippen LogP contribution in [-0.2, 0) is 14.8 Å². The van der Waals surface area contributed by atoms with Crippen LogP contribution in [0, 0.1) is 5.41 Å². The highest BCUT2D eigenvalue weighted by Gasteiger charge is 2.49. The van der Waals surface area contributed by atoms with Crippen molar-refractivity contribution in [2.24, 2.45) is 11.1 Å². The van der Waals surface area contributed by atoms with Crippen molar-refractivity contribution in [3.05, 3.63) is 0 Å². The van der Waals surface area contributed by atoms with Crippen LogP contribution in [-0.4, -0.2) is 50.1 Å². The first kappa shape index (κ1) is 15.7. The van der Waals surface area contributed by atoms with Crippen molar-refractivity contribution in [3.8, 4) is 0 Å². The number of hydrogen-bond donors (Lipinski definition) is 2. The summed E-state index contributed by atoms with van der Waals surface area (Å²) in [5, 5.41) is 3.04. The van der Waals surface area contributed by atoms with Gasteiger partial charge in [0.15, 0.2) is 0 Å². The lowest BCUT2D eigenvalue weighted by molar-refractivity contribution is -0.126. The summed E-state index contributed by atoms with van der Waals surface area (Å²) < 4.78 is 25.5. The quantitative estimate of drug-likeness (QED) is 0.725. The molecule has 0 radical (unpaired) electrons. The maximum atomic E-state index is 12.1. The first-order valence-corrected chi connectivity index (χ1v) is 9.03. The van der Waals surface area contributed by atoms with E-state index in [2.05, 4.69) is 5.32 Å². The highest BCUT2D eigenvalue weighted by atomic mass is 32.2. The van der Waals surface area contributed by atoms with Crippen LogP contribution in [0.5, 0.6) is 0 Å². The molecule has 0 spiro atoms. The summed E-state index contributed by atoms with van der Waals surface area (Å²) in [6.45, 7) is 3.28. The second-order valence-corrected chi connectivity index (χ2v) is 8.04. The van der Waals surface area contributed by atoms with E-state index in [1.54, 1.807) is 4.31 Å². The Kier molecular flexibility index (Phi) is 4.71. The maximum Gasteiger partial charge on any atom is 0.227 e. The van der Waals surface area contributed by atoms with Crippen LogP contribution in [0.3, 0.4) is 0 Å². The standard InChI is InChI=1S/C13H25N3O3S/c1-2-9-20(18,19)16-7-3-11(4-8-16)15-12(17)13(10-14)5-6-13/h11H,2-10,14H2,1H3,(H,15,17). The minimum atomic E-state index is -3.11. The van der Waals surface area contributed by atoms with E-state index < -0.39 is 10.0 Å². The monoisotopic (exact) mass is 303 g/mol. The molecule has 0 unspecified atom stereocenters. The number of nitrogens with zero attached hydrogens (tertiary/aromatic N) is 1. The second kappa shape index (κ2) is 5.99. The SMILES string of the molecule is CCCS(=O)(=O)N1CCC(NC(=O)C2(CN)CC2)CC1. The van der Waals surface area contributed by atoms with Gasteiger partial charge in [0.25, 0.3) is 0 Å². The molecule has 1 amide bonds. The van der Waals surface area contributed by atoms with Crippen LogP contribution in [0.15, 0.2) is 0 Å². The number of nitrogens with one attached hydrogen (secondary N) is 1. The Bertz CT molecular complexity index is 451. The van der Waals surface area contributed by atoms with E-state index in [0.29, 0.717) is 38.9 Å². The highest BCUT2D eigenvalue weighted by molar-refractivity contribution is 7.89. The number of carbonyl (C=O) groups is 1. The molecule has 0 aromatic rings. The largest absolute Gasteiger partial charge is 0.353 e. The van der Waals surface area contributed by atoms with Crippen molar-refractivity contribution >= 4 is 15.9 Å². The fourth-order valence-electron chi connectivity index (χ4n) is 2.68. The zero-order valence-corrected chi connectivity index (χ0v) is 12.9. The minimum absolute atomic E-state index is 0.0508. The van der Waals surface area contributed by atoms with Crippen molar-refractivity contribution < 1.29 is 13.2 Å². The Morgan fingerprint density at radius 1 is 1.35 bits per heavy atom. The number of amides is 1. The van der Waals surface area contributed by atoms with Crippen LogP contribution >= 0.6 is 0 Å². The van der Waals surface area contributed by atoms with Crippen molar-refractivity contribution in [2.75, 3.05) is 25.4 Å². The summed E-state index contributed by atoms with van der Waals surface area (Å²) in [6, 6.07) is 0.0830. The smallest absolute Gasteiger partial charge is 0.227 e. The van der Waals surface area contributed by atoms with Gasteiger partial charge in [0.1, 0.15) is 0 Å². The third kappa shape index (κ3) is 3.32. The molecule has 116 valence electrons. The molecule has 0 aromatic heterocycles. The second-order valence-electron chi connectivity index (χ2n) is 5.95. The summed E-state index contributed by atoms with van der Waals surface area (Å²) in [5.74, 6) is 0.259. The molecular weight excluding hydrogens is 278 g/mol. The van der Waals surface area contributed by atoms with E-state index in [1.807, 2.05) is 6.92 Å². The summed E-state index contributed by atoms with van der Waals surface area (Å²) in [4.78, 5) is 12.1. The van der Waals surface area contributed by atoms with Gasteiger partial charge in [0.05, 0.1) is 11.2 Å². The van der Waals surface area contributed by atoms with Gasteiger partial charge < -0.3 is 11.1 Å². The Balaban J connectivity index is 1.81. The molecule has 1 saturated heterocycles. The Labute approximate surface area is 121 Å². The van der Waals surface area contributed by atoms with E-state index in [0.717, 1.165) is 12.8 Å². The van der Waals surface area contributed by atoms with Gasteiger partial charge in [-0.05, 0) is 32.1 Å². The van der Waals surface area contributed by atoms with Crippen molar-refractivity contribution in [3.63, 3.8) is 0 Å². The fourth-order valence-corrected chi connectivity index (χ4v) is 4.22. The number of sulfonamides is 1. The maximum absolute atomic E-state index is 12.1. The average Bonchev–Trinajstić information content (AvgIpc) is 3.20. The van der Waals surface area contributed by atoms with Gasteiger partial charge in [-0.25, -0.2) is 12.7 Å². The van der Waals surface area contributed by atoms with Crippen molar-refractivity contribution in [2.45, 2.75) is 45.1 Å². The van der Waals surface area contributed by atoms with Gasteiger partial charge in [-0.2, -0.15) is 0 Å². The number of carbonyl (C=O) groups excluding carboxylic acids is 1. The van der Waals surface area contributed by atoms with E-state index in [1.165, 1.54) is 0 Å². The molecule has 2 fully saturated rings. The van der Waals surface area contributed by atoms with Crippen LogP contribution in [0.25, 0.3) is 0 Å². The van der Waals surface area contributed by atoms with Crippen molar-refractivity contribution in [1.29, 1.82) is 0 Å². The number of rotatable bonds is 6. The molecule has 20 heavy (non-hydrogen) atoms. The number of piperidine rings is 1. The fraction of sp³-hybridized carbons (Fsp3) is 0.923. The summed E-state index contributed by atoms with van der Waals surface area (Å²) in [7, 11) is -3.11. The molecule has 1 aliphatic heterocycles.